The zero-order valence-corrected chi connectivity index (χ0v) is 18.3. The van der Waals surface area contributed by atoms with Gasteiger partial charge in [-0.2, -0.15) is 5.26 Å². The summed E-state index contributed by atoms with van der Waals surface area (Å²) in [4.78, 5) is 12.3. The van der Waals surface area contributed by atoms with Gasteiger partial charge in [0.15, 0.2) is 17.1 Å². The Labute approximate surface area is 183 Å². The zero-order valence-electron chi connectivity index (χ0n) is 16.7. The van der Waals surface area contributed by atoms with Crippen LogP contribution in [-0.4, -0.2) is 26.4 Å². The van der Waals surface area contributed by atoms with Gasteiger partial charge in [0.1, 0.15) is 16.8 Å². The standard InChI is InChI=1S/C21H21N5O2S2/c1-4-10-26-19(15(3)28-17-7-5-14(2)6-8-17)24-25-21(26)30-13-18(27)23-20-16(12-22)9-11-29-20/h4-9,11,15H,1,10,13H2,2-3H3,(H,23,27). The number of rotatable bonds is 9. The molecule has 1 aromatic carbocycles. The van der Waals surface area contributed by atoms with Gasteiger partial charge in [-0.1, -0.05) is 35.5 Å². The minimum absolute atomic E-state index is 0.144. The summed E-state index contributed by atoms with van der Waals surface area (Å²) in [5.74, 6) is 1.34. The largest absolute Gasteiger partial charge is 0.483 e. The van der Waals surface area contributed by atoms with Crippen LogP contribution in [0.3, 0.4) is 0 Å². The van der Waals surface area contributed by atoms with Crippen LogP contribution in [0.1, 0.15) is 30.0 Å². The van der Waals surface area contributed by atoms with Crippen molar-refractivity contribution in [3.8, 4) is 11.8 Å². The number of nitrogens with one attached hydrogen (secondary N) is 1. The summed E-state index contributed by atoms with van der Waals surface area (Å²) in [6.45, 7) is 8.23. The van der Waals surface area contributed by atoms with E-state index in [-0.39, 0.29) is 17.8 Å². The molecule has 7 nitrogen and oxygen atoms in total. The van der Waals surface area contributed by atoms with Gasteiger partial charge in [0, 0.05) is 6.54 Å². The number of carbonyl (C=O) groups is 1. The molecule has 0 radical (unpaired) electrons. The Kier molecular flexibility index (Phi) is 7.27. The molecule has 2 aromatic heterocycles. The Balaban J connectivity index is 1.67. The van der Waals surface area contributed by atoms with E-state index in [1.807, 2.05) is 42.7 Å². The van der Waals surface area contributed by atoms with Gasteiger partial charge in [0.25, 0.3) is 0 Å². The van der Waals surface area contributed by atoms with Gasteiger partial charge in [-0.3, -0.25) is 9.36 Å². The number of benzene rings is 1. The van der Waals surface area contributed by atoms with Gasteiger partial charge in [-0.15, -0.1) is 28.1 Å². The van der Waals surface area contributed by atoms with Crippen LogP contribution in [0.25, 0.3) is 0 Å². The molecule has 30 heavy (non-hydrogen) atoms. The molecular formula is C21H21N5O2S2. The van der Waals surface area contributed by atoms with Gasteiger partial charge < -0.3 is 10.1 Å². The van der Waals surface area contributed by atoms with E-state index in [0.717, 1.165) is 11.3 Å². The first-order chi connectivity index (χ1) is 14.5. The number of nitriles is 1. The SMILES string of the molecule is C=CCn1c(SCC(=O)Nc2sccc2C#N)nnc1C(C)Oc1ccc(C)cc1. The van der Waals surface area contributed by atoms with Crippen molar-refractivity contribution in [2.45, 2.75) is 31.7 Å². The Morgan fingerprint density at radius 2 is 2.17 bits per heavy atom. The number of aryl methyl sites for hydroxylation is 1. The first kappa shape index (κ1) is 21.6. The number of ether oxygens (including phenoxy) is 1. The summed E-state index contributed by atoms with van der Waals surface area (Å²) in [6, 6.07) is 11.5. The lowest BCUT2D eigenvalue weighted by Crippen LogP contribution is -2.15. The molecule has 2 heterocycles. The van der Waals surface area contributed by atoms with Crippen LogP contribution < -0.4 is 10.1 Å². The molecule has 1 amide bonds. The van der Waals surface area contributed by atoms with E-state index in [2.05, 4.69) is 28.2 Å². The number of thioether (sulfide) groups is 1. The highest BCUT2D eigenvalue weighted by Crippen LogP contribution is 2.26. The molecule has 0 bridgehead atoms. The summed E-state index contributed by atoms with van der Waals surface area (Å²) in [5, 5.41) is 23.3. The Morgan fingerprint density at radius 1 is 1.40 bits per heavy atom. The molecule has 0 aliphatic carbocycles. The fourth-order valence-electron chi connectivity index (χ4n) is 2.67. The van der Waals surface area contributed by atoms with E-state index >= 15 is 0 Å². The molecule has 0 aliphatic rings. The molecular weight excluding hydrogens is 418 g/mol. The van der Waals surface area contributed by atoms with E-state index in [1.165, 1.54) is 23.1 Å². The van der Waals surface area contributed by atoms with Crippen LogP contribution in [0.5, 0.6) is 5.75 Å². The highest BCUT2D eigenvalue weighted by molar-refractivity contribution is 7.99. The average Bonchev–Trinajstić information content (AvgIpc) is 3.35. The van der Waals surface area contributed by atoms with Crippen LogP contribution in [0.15, 0.2) is 53.5 Å². The number of carbonyl (C=O) groups excluding carboxylic acids is 1. The monoisotopic (exact) mass is 439 g/mol. The molecule has 154 valence electrons. The highest BCUT2D eigenvalue weighted by Gasteiger charge is 2.20. The topological polar surface area (TPSA) is 92.8 Å². The van der Waals surface area contributed by atoms with E-state index in [4.69, 9.17) is 10.00 Å². The molecule has 0 saturated carbocycles. The second-order valence-electron chi connectivity index (χ2n) is 6.43. The third-order valence-electron chi connectivity index (χ3n) is 4.13. The maximum atomic E-state index is 12.3. The second-order valence-corrected chi connectivity index (χ2v) is 8.28. The van der Waals surface area contributed by atoms with Gasteiger partial charge in [0.05, 0.1) is 11.3 Å². The van der Waals surface area contributed by atoms with Gasteiger partial charge >= 0.3 is 0 Å². The lowest BCUT2D eigenvalue weighted by atomic mass is 10.2. The van der Waals surface area contributed by atoms with Gasteiger partial charge in [-0.05, 0) is 37.4 Å². The summed E-state index contributed by atoms with van der Waals surface area (Å²) >= 11 is 2.59. The fraction of sp³-hybridized carbons (Fsp3) is 0.238. The van der Waals surface area contributed by atoms with Crippen molar-refractivity contribution in [3.05, 3.63) is 65.3 Å². The summed E-state index contributed by atoms with van der Waals surface area (Å²) < 4.78 is 7.89. The van der Waals surface area contributed by atoms with Crippen molar-refractivity contribution < 1.29 is 9.53 Å². The van der Waals surface area contributed by atoms with Crippen LogP contribution >= 0.6 is 23.1 Å². The highest BCUT2D eigenvalue weighted by atomic mass is 32.2. The fourth-order valence-corrected chi connectivity index (χ4v) is 4.18. The third kappa shape index (κ3) is 5.28. The van der Waals surface area contributed by atoms with E-state index in [9.17, 15) is 4.79 Å². The average molecular weight is 440 g/mol. The molecule has 1 N–H and O–H groups in total. The number of aromatic nitrogens is 3. The van der Waals surface area contributed by atoms with Crippen LogP contribution in [-0.2, 0) is 11.3 Å². The minimum atomic E-state index is -0.326. The van der Waals surface area contributed by atoms with Gasteiger partial charge in [-0.25, -0.2) is 0 Å². The number of hydrogen-bond donors (Lipinski definition) is 1. The smallest absolute Gasteiger partial charge is 0.235 e. The van der Waals surface area contributed by atoms with Crippen molar-refractivity contribution in [2.75, 3.05) is 11.1 Å². The van der Waals surface area contributed by atoms with Crippen molar-refractivity contribution in [1.29, 1.82) is 5.26 Å². The first-order valence-corrected chi connectivity index (χ1v) is 11.1. The number of allylic oxidation sites excluding steroid dienone is 1. The molecule has 0 fully saturated rings. The number of nitrogens with zero attached hydrogens (tertiary/aromatic N) is 4. The summed E-state index contributed by atoms with van der Waals surface area (Å²) in [6.07, 6.45) is 1.42. The minimum Gasteiger partial charge on any atom is -0.483 e. The van der Waals surface area contributed by atoms with Crippen molar-refractivity contribution in [3.63, 3.8) is 0 Å². The lowest BCUT2D eigenvalue weighted by molar-refractivity contribution is -0.113. The number of amides is 1. The number of thiophene rings is 1. The number of hydrogen-bond acceptors (Lipinski definition) is 7. The third-order valence-corrected chi connectivity index (χ3v) is 5.92. The van der Waals surface area contributed by atoms with Crippen LogP contribution in [0, 0.1) is 18.3 Å². The molecule has 1 atom stereocenters. The summed E-state index contributed by atoms with van der Waals surface area (Å²) in [7, 11) is 0. The Hall–Kier alpha value is -3.09. The predicted molar refractivity (Wildman–Crippen MR) is 119 cm³/mol. The normalized spacial score (nSPS) is 11.5. The Bertz CT molecular complexity index is 1070. The molecule has 0 saturated heterocycles. The number of anilines is 1. The van der Waals surface area contributed by atoms with E-state index < -0.39 is 0 Å². The van der Waals surface area contributed by atoms with Gasteiger partial charge in [0.2, 0.25) is 5.91 Å². The molecule has 3 rings (SSSR count). The lowest BCUT2D eigenvalue weighted by Gasteiger charge is -2.15. The molecule has 1 unspecified atom stereocenters. The first-order valence-electron chi connectivity index (χ1n) is 9.19. The molecule has 3 aromatic rings. The molecule has 0 aliphatic heterocycles. The van der Waals surface area contributed by atoms with Crippen molar-refractivity contribution in [2.24, 2.45) is 0 Å². The Morgan fingerprint density at radius 3 is 2.87 bits per heavy atom. The van der Waals surface area contributed by atoms with Crippen molar-refractivity contribution in [1.82, 2.24) is 14.8 Å². The molecule has 0 spiro atoms. The summed E-state index contributed by atoms with van der Waals surface area (Å²) in [5.41, 5.74) is 1.61. The van der Waals surface area contributed by atoms with Crippen molar-refractivity contribution >= 4 is 34.0 Å². The zero-order chi connectivity index (χ0) is 21.5. The molecule has 9 heteroatoms. The maximum Gasteiger partial charge on any atom is 0.235 e. The van der Waals surface area contributed by atoms with Crippen LogP contribution in [0.4, 0.5) is 5.00 Å². The quantitative estimate of drug-likeness (QED) is 0.388. The van der Waals surface area contributed by atoms with E-state index in [0.29, 0.717) is 28.1 Å². The van der Waals surface area contributed by atoms with Crippen LogP contribution in [0.2, 0.25) is 0 Å². The predicted octanol–water partition coefficient (Wildman–Crippen LogP) is 4.58. The maximum absolute atomic E-state index is 12.3. The second kappa shape index (κ2) is 10.1. The van der Waals surface area contributed by atoms with E-state index in [1.54, 1.807) is 17.5 Å².